The Kier molecular flexibility index (Phi) is 5.85. The van der Waals surface area contributed by atoms with E-state index in [0.717, 1.165) is 28.3 Å². The summed E-state index contributed by atoms with van der Waals surface area (Å²) >= 11 is 12.1. The van der Waals surface area contributed by atoms with E-state index in [1.165, 1.54) is 24.3 Å². The third-order valence-electron chi connectivity index (χ3n) is 5.88. The molecule has 4 rings (SSSR count). The normalized spacial score (nSPS) is 18.9. The zero-order valence-electron chi connectivity index (χ0n) is 18.7. The number of anilines is 2. The fourth-order valence-electron chi connectivity index (χ4n) is 4.47. The van der Waals surface area contributed by atoms with Gasteiger partial charge in [0.25, 0.3) is 11.8 Å². The lowest BCUT2D eigenvalue weighted by atomic mass is 9.88. The van der Waals surface area contributed by atoms with Crippen molar-refractivity contribution in [2.75, 3.05) is 16.3 Å². The third-order valence-corrected chi connectivity index (χ3v) is 6.42. The Labute approximate surface area is 202 Å². The molecule has 33 heavy (non-hydrogen) atoms. The second-order valence-corrected chi connectivity index (χ2v) is 9.40. The highest BCUT2D eigenvalue weighted by Gasteiger charge is 2.38. The number of nitrogens with zero attached hydrogens (tertiary/aromatic N) is 2. The second-order valence-electron chi connectivity index (χ2n) is 8.56. The Morgan fingerprint density at radius 3 is 2.39 bits per heavy atom. The lowest BCUT2D eigenvalue weighted by Crippen LogP contribution is -2.54. The summed E-state index contributed by atoms with van der Waals surface area (Å²) < 4.78 is 0. The van der Waals surface area contributed by atoms with Crippen LogP contribution in [-0.4, -0.2) is 29.9 Å². The number of hydrogen-bond donors (Lipinski definition) is 1. The second kappa shape index (κ2) is 8.36. The Morgan fingerprint density at radius 2 is 1.73 bits per heavy atom. The number of imide groups is 2. The van der Waals surface area contributed by atoms with E-state index in [2.05, 4.69) is 37.1 Å². The summed E-state index contributed by atoms with van der Waals surface area (Å²) in [6, 6.07) is 9.34. The number of halogens is 2. The van der Waals surface area contributed by atoms with Gasteiger partial charge in [-0.2, -0.15) is 0 Å². The molecule has 1 N–H and O–H groups in total. The van der Waals surface area contributed by atoms with E-state index in [0.29, 0.717) is 10.6 Å². The standard InChI is InChI=1S/C25H23Cl2N3O3/c1-5-29-20-8-6-15(10-17(20)14(2)13-25(29,3)4)11-18-22(31)28-24(33)30(23(18)32)21-9-7-16(26)12-19(21)27/h6-13H,5H2,1-4H3,(H,28,31,33)/b18-11-. The van der Waals surface area contributed by atoms with E-state index in [-0.39, 0.29) is 21.8 Å². The largest absolute Gasteiger partial charge is 0.363 e. The lowest BCUT2D eigenvalue weighted by Gasteiger charge is -2.42. The summed E-state index contributed by atoms with van der Waals surface area (Å²) in [6.07, 6.45) is 3.70. The van der Waals surface area contributed by atoms with E-state index in [1.807, 2.05) is 25.1 Å². The number of carbonyl (C=O) groups excluding carboxylic acids is 3. The first-order valence-corrected chi connectivity index (χ1v) is 11.3. The highest BCUT2D eigenvalue weighted by atomic mass is 35.5. The number of nitrogens with one attached hydrogen (secondary N) is 1. The Hall–Kier alpha value is -3.09. The molecular weight excluding hydrogens is 461 g/mol. The minimum absolute atomic E-state index is 0.121. The van der Waals surface area contributed by atoms with Crippen molar-refractivity contribution in [3.63, 3.8) is 0 Å². The van der Waals surface area contributed by atoms with Crippen molar-refractivity contribution in [3.8, 4) is 0 Å². The van der Waals surface area contributed by atoms with E-state index >= 15 is 0 Å². The number of hydrogen-bond acceptors (Lipinski definition) is 4. The van der Waals surface area contributed by atoms with Crippen LogP contribution < -0.4 is 15.1 Å². The lowest BCUT2D eigenvalue weighted by molar-refractivity contribution is -0.122. The van der Waals surface area contributed by atoms with Crippen molar-refractivity contribution in [2.45, 2.75) is 33.2 Å². The average Bonchev–Trinajstić information content (AvgIpc) is 2.72. The number of likely N-dealkylation sites (N-methyl/N-ethyl adjacent to an activating group) is 1. The summed E-state index contributed by atoms with van der Waals surface area (Å²) in [5, 5.41) is 2.70. The van der Waals surface area contributed by atoms with E-state index < -0.39 is 17.8 Å². The molecule has 0 bridgehead atoms. The van der Waals surface area contributed by atoms with Gasteiger partial charge in [-0.15, -0.1) is 0 Å². The van der Waals surface area contributed by atoms with Crippen LogP contribution in [0, 0.1) is 0 Å². The van der Waals surface area contributed by atoms with E-state index in [1.54, 1.807) is 0 Å². The Balaban J connectivity index is 1.76. The molecule has 0 atom stereocenters. The van der Waals surface area contributed by atoms with Gasteiger partial charge >= 0.3 is 6.03 Å². The van der Waals surface area contributed by atoms with Gasteiger partial charge in [-0.1, -0.05) is 35.3 Å². The maximum absolute atomic E-state index is 13.2. The molecule has 6 nitrogen and oxygen atoms in total. The van der Waals surface area contributed by atoms with Crippen molar-refractivity contribution in [1.29, 1.82) is 0 Å². The van der Waals surface area contributed by atoms with Gasteiger partial charge in [-0.3, -0.25) is 14.9 Å². The number of fused-ring (bicyclic) bond motifs is 1. The van der Waals surface area contributed by atoms with Gasteiger partial charge in [0.1, 0.15) is 5.57 Å². The van der Waals surface area contributed by atoms with Crippen LogP contribution in [-0.2, 0) is 9.59 Å². The summed E-state index contributed by atoms with van der Waals surface area (Å²) in [5.41, 5.74) is 3.77. The van der Waals surface area contributed by atoms with Crippen molar-refractivity contribution < 1.29 is 14.4 Å². The molecule has 0 aromatic heterocycles. The zero-order chi connectivity index (χ0) is 24.1. The average molecular weight is 484 g/mol. The monoisotopic (exact) mass is 483 g/mol. The van der Waals surface area contributed by atoms with Crippen LogP contribution >= 0.6 is 23.2 Å². The molecule has 2 aliphatic rings. The molecule has 0 unspecified atom stereocenters. The minimum Gasteiger partial charge on any atom is -0.363 e. The molecule has 1 saturated heterocycles. The quantitative estimate of drug-likeness (QED) is 0.450. The molecule has 170 valence electrons. The minimum atomic E-state index is -0.864. The molecular formula is C25H23Cl2N3O3. The number of allylic oxidation sites excluding steroid dienone is 1. The predicted octanol–water partition coefficient (Wildman–Crippen LogP) is 5.68. The summed E-state index contributed by atoms with van der Waals surface area (Å²) in [5.74, 6) is -1.51. The number of urea groups is 1. The Bertz CT molecular complexity index is 1260. The van der Waals surface area contributed by atoms with E-state index in [9.17, 15) is 14.4 Å². The zero-order valence-corrected chi connectivity index (χ0v) is 20.2. The van der Waals surface area contributed by atoms with Gasteiger partial charge in [0.15, 0.2) is 0 Å². The Morgan fingerprint density at radius 1 is 1.03 bits per heavy atom. The SMILES string of the molecule is CCN1c2ccc(/C=C3/C(=O)NC(=O)N(c4ccc(Cl)cc4Cl)C3=O)cc2C(C)=CC1(C)C. The van der Waals surface area contributed by atoms with Crippen molar-refractivity contribution in [2.24, 2.45) is 0 Å². The number of barbiturate groups is 1. The van der Waals surface area contributed by atoms with Crippen LogP contribution in [0.4, 0.5) is 16.2 Å². The van der Waals surface area contributed by atoms with Gasteiger partial charge in [0.05, 0.1) is 16.2 Å². The molecule has 8 heteroatoms. The summed E-state index contributed by atoms with van der Waals surface area (Å²) in [6.45, 7) is 9.32. The first kappa shape index (κ1) is 23.1. The maximum Gasteiger partial charge on any atom is 0.335 e. The van der Waals surface area contributed by atoms with Gasteiger partial charge in [-0.05, 0) is 75.2 Å². The highest BCUT2D eigenvalue weighted by molar-refractivity contribution is 6.42. The predicted molar refractivity (Wildman–Crippen MR) is 133 cm³/mol. The topological polar surface area (TPSA) is 69.7 Å². The number of carbonyl (C=O) groups is 3. The van der Waals surface area contributed by atoms with Crippen LogP contribution in [0.1, 0.15) is 38.8 Å². The fraction of sp³-hybridized carbons (Fsp3) is 0.240. The van der Waals surface area contributed by atoms with Crippen LogP contribution in [0.25, 0.3) is 11.6 Å². The van der Waals surface area contributed by atoms with Crippen LogP contribution in [0.5, 0.6) is 0 Å². The van der Waals surface area contributed by atoms with Crippen LogP contribution in [0.15, 0.2) is 48.0 Å². The molecule has 0 radical (unpaired) electrons. The van der Waals surface area contributed by atoms with Crippen molar-refractivity contribution >= 4 is 64.1 Å². The number of rotatable bonds is 3. The molecule has 2 aromatic carbocycles. The smallest absolute Gasteiger partial charge is 0.335 e. The third kappa shape index (κ3) is 4.05. The molecule has 2 aliphatic heterocycles. The van der Waals surface area contributed by atoms with Crippen molar-refractivity contribution in [1.82, 2.24) is 5.32 Å². The van der Waals surface area contributed by atoms with Crippen LogP contribution in [0.2, 0.25) is 10.0 Å². The molecule has 0 saturated carbocycles. The molecule has 0 aliphatic carbocycles. The van der Waals surface area contributed by atoms with Crippen molar-refractivity contribution in [3.05, 3.63) is 69.2 Å². The fourth-order valence-corrected chi connectivity index (χ4v) is 4.97. The number of benzene rings is 2. The van der Waals surface area contributed by atoms with Gasteiger partial charge in [0, 0.05) is 22.8 Å². The molecule has 2 aromatic rings. The first-order valence-electron chi connectivity index (χ1n) is 10.5. The first-order chi connectivity index (χ1) is 15.5. The summed E-state index contributed by atoms with van der Waals surface area (Å²) in [7, 11) is 0. The van der Waals surface area contributed by atoms with Gasteiger partial charge < -0.3 is 4.90 Å². The molecule has 0 spiro atoms. The van der Waals surface area contributed by atoms with Crippen LogP contribution in [0.3, 0.4) is 0 Å². The molecule has 1 fully saturated rings. The van der Waals surface area contributed by atoms with Gasteiger partial charge in [-0.25, -0.2) is 9.69 Å². The summed E-state index contributed by atoms with van der Waals surface area (Å²) in [4.78, 5) is 41.3. The van der Waals surface area contributed by atoms with E-state index in [4.69, 9.17) is 23.2 Å². The maximum atomic E-state index is 13.2. The van der Waals surface area contributed by atoms with Gasteiger partial charge in [0.2, 0.25) is 0 Å². The number of amides is 4. The molecule has 2 heterocycles. The highest BCUT2D eigenvalue weighted by Crippen LogP contribution is 2.39. The molecule has 4 amide bonds.